The monoisotopic (exact) mass is 279 g/mol. The van der Waals surface area contributed by atoms with Crippen molar-refractivity contribution in [3.8, 4) is 11.5 Å². The molecule has 0 aliphatic heterocycles. The van der Waals surface area contributed by atoms with Gasteiger partial charge in [0, 0.05) is 6.04 Å². The number of carbonyl (C=O) groups excluding carboxylic acids is 1. The summed E-state index contributed by atoms with van der Waals surface area (Å²) in [6.45, 7) is -0.315. The molecular formula is C14H17NO5. The Morgan fingerprint density at radius 2 is 1.80 bits per heavy atom. The summed E-state index contributed by atoms with van der Waals surface area (Å²) >= 11 is 0. The molecule has 1 aromatic carbocycles. The molecule has 1 aliphatic rings. The number of aliphatic carboxylic acids is 1. The van der Waals surface area contributed by atoms with Crippen LogP contribution in [0.4, 0.5) is 0 Å². The van der Waals surface area contributed by atoms with E-state index in [0.717, 1.165) is 12.8 Å². The molecule has 0 atom stereocenters. The molecule has 20 heavy (non-hydrogen) atoms. The van der Waals surface area contributed by atoms with Crippen LogP contribution in [0.25, 0.3) is 0 Å². The second-order valence-corrected chi connectivity index (χ2v) is 4.60. The van der Waals surface area contributed by atoms with Gasteiger partial charge in [-0.3, -0.25) is 9.59 Å². The Balaban J connectivity index is 2.37. The summed E-state index contributed by atoms with van der Waals surface area (Å²) in [5.74, 6) is -0.640. The molecule has 6 nitrogen and oxygen atoms in total. The largest absolute Gasteiger partial charge is 0.496 e. The van der Waals surface area contributed by atoms with E-state index in [2.05, 4.69) is 0 Å². The minimum atomic E-state index is -1.03. The van der Waals surface area contributed by atoms with Crippen LogP contribution in [-0.4, -0.2) is 48.7 Å². The summed E-state index contributed by atoms with van der Waals surface area (Å²) in [5, 5.41) is 8.95. The molecule has 1 N–H and O–H groups in total. The summed E-state index contributed by atoms with van der Waals surface area (Å²) < 4.78 is 10.4. The van der Waals surface area contributed by atoms with E-state index in [4.69, 9.17) is 14.6 Å². The number of nitrogens with zero attached hydrogens (tertiary/aromatic N) is 1. The van der Waals surface area contributed by atoms with Crippen LogP contribution >= 0.6 is 0 Å². The Labute approximate surface area is 116 Å². The van der Waals surface area contributed by atoms with Crippen LogP contribution in [-0.2, 0) is 4.79 Å². The maximum Gasteiger partial charge on any atom is 0.323 e. The highest BCUT2D eigenvalue weighted by Gasteiger charge is 2.36. The van der Waals surface area contributed by atoms with Gasteiger partial charge in [0.1, 0.15) is 23.6 Å². The topological polar surface area (TPSA) is 76.1 Å². The molecule has 0 saturated heterocycles. The third-order valence-electron chi connectivity index (χ3n) is 3.20. The average Bonchev–Trinajstić information content (AvgIpc) is 3.27. The minimum Gasteiger partial charge on any atom is -0.496 e. The molecule has 0 aromatic heterocycles. The van der Waals surface area contributed by atoms with Crippen molar-refractivity contribution in [1.29, 1.82) is 0 Å². The van der Waals surface area contributed by atoms with Gasteiger partial charge in [-0.1, -0.05) is 6.07 Å². The number of carboxylic acids is 1. The summed E-state index contributed by atoms with van der Waals surface area (Å²) in [7, 11) is 2.93. The van der Waals surface area contributed by atoms with Crippen molar-refractivity contribution in [3.05, 3.63) is 23.8 Å². The van der Waals surface area contributed by atoms with Crippen molar-refractivity contribution in [2.75, 3.05) is 20.8 Å². The van der Waals surface area contributed by atoms with Crippen molar-refractivity contribution in [1.82, 2.24) is 4.90 Å². The first-order chi connectivity index (χ1) is 9.58. The molecule has 0 heterocycles. The lowest BCUT2D eigenvalue weighted by Crippen LogP contribution is -2.37. The van der Waals surface area contributed by atoms with Gasteiger partial charge in [0.25, 0.3) is 5.91 Å². The molecule has 0 radical (unpaired) electrons. The first-order valence-electron chi connectivity index (χ1n) is 6.32. The van der Waals surface area contributed by atoms with E-state index in [-0.39, 0.29) is 24.1 Å². The highest BCUT2D eigenvalue weighted by molar-refractivity contribution is 6.01. The van der Waals surface area contributed by atoms with Gasteiger partial charge >= 0.3 is 5.97 Å². The lowest BCUT2D eigenvalue weighted by Gasteiger charge is -2.22. The van der Waals surface area contributed by atoms with Gasteiger partial charge in [-0.05, 0) is 25.0 Å². The number of hydrogen-bond donors (Lipinski definition) is 1. The van der Waals surface area contributed by atoms with Crippen molar-refractivity contribution >= 4 is 11.9 Å². The third kappa shape index (κ3) is 2.84. The average molecular weight is 279 g/mol. The molecule has 108 valence electrons. The first-order valence-corrected chi connectivity index (χ1v) is 6.32. The van der Waals surface area contributed by atoms with Gasteiger partial charge in [-0.2, -0.15) is 0 Å². The number of amides is 1. The summed E-state index contributed by atoms with van der Waals surface area (Å²) in [6.07, 6.45) is 1.66. The standard InChI is InChI=1S/C14H17NO5/c1-19-10-4-3-5-11(20-2)13(10)14(18)15(8-12(16)17)9-6-7-9/h3-5,9H,6-8H2,1-2H3,(H,16,17). The van der Waals surface area contributed by atoms with Gasteiger partial charge in [0.05, 0.1) is 14.2 Å². The Morgan fingerprint density at radius 3 is 2.20 bits per heavy atom. The van der Waals surface area contributed by atoms with E-state index in [0.29, 0.717) is 11.5 Å². The van der Waals surface area contributed by atoms with Crippen molar-refractivity contribution < 1.29 is 24.2 Å². The van der Waals surface area contributed by atoms with E-state index in [1.807, 2.05) is 0 Å². The fraction of sp³-hybridized carbons (Fsp3) is 0.429. The molecule has 1 aromatic rings. The molecule has 0 spiro atoms. The number of hydrogen-bond acceptors (Lipinski definition) is 4. The Morgan fingerprint density at radius 1 is 1.25 bits per heavy atom. The van der Waals surface area contributed by atoms with Gasteiger partial charge < -0.3 is 19.5 Å². The van der Waals surface area contributed by atoms with Crippen LogP contribution in [0.3, 0.4) is 0 Å². The lowest BCUT2D eigenvalue weighted by molar-refractivity contribution is -0.137. The molecule has 1 fully saturated rings. The number of carbonyl (C=O) groups is 2. The molecule has 0 unspecified atom stereocenters. The maximum atomic E-state index is 12.6. The van der Waals surface area contributed by atoms with Crippen molar-refractivity contribution in [2.24, 2.45) is 0 Å². The molecular weight excluding hydrogens is 262 g/mol. The van der Waals surface area contributed by atoms with E-state index in [1.54, 1.807) is 18.2 Å². The normalized spacial score (nSPS) is 13.7. The first kappa shape index (κ1) is 14.2. The zero-order valence-corrected chi connectivity index (χ0v) is 11.5. The summed E-state index contributed by atoms with van der Waals surface area (Å²) in [6, 6.07) is 5.02. The van der Waals surface area contributed by atoms with Crippen molar-refractivity contribution in [3.63, 3.8) is 0 Å². The SMILES string of the molecule is COc1cccc(OC)c1C(=O)N(CC(=O)O)C1CC1. The van der Waals surface area contributed by atoms with Gasteiger partial charge in [-0.25, -0.2) is 0 Å². The number of methoxy groups -OCH3 is 2. The molecule has 0 bridgehead atoms. The fourth-order valence-electron chi connectivity index (χ4n) is 2.10. The highest BCUT2D eigenvalue weighted by atomic mass is 16.5. The van der Waals surface area contributed by atoms with Crippen LogP contribution in [0.1, 0.15) is 23.2 Å². The van der Waals surface area contributed by atoms with Crippen LogP contribution in [0.2, 0.25) is 0 Å². The molecule has 1 saturated carbocycles. The summed E-state index contributed by atoms with van der Waals surface area (Å²) in [5.41, 5.74) is 0.269. The van der Waals surface area contributed by atoms with E-state index in [1.165, 1.54) is 19.1 Å². The van der Waals surface area contributed by atoms with Crippen LogP contribution in [0, 0.1) is 0 Å². The second kappa shape index (κ2) is 5.81. The Hall–Kier alpha value is -2.24. The van der Waals surface area contributed by atoms with E-state index < -0.39 is 5.97 Å². The Bertz CT molecular complexity index is 502. The lowest BCUT2D eigenvalue weighted by atomic mass is 10.1. The smallest absolute Gasteiger partial charge is 0.323 e. The van der Waals surface area contributed by atoms with Gasteiger partial charge in [0.15, 0.2) is 0 Å². The number of rotatable bonds is 6. The minimum absolute atomic E-state index is 0.00628. The van der Waals surface area contributed by atoms with Gasteiger partial charge in [0.2, 0.25) is 0 Å². The molecule has 1 amide bonds. The number of benzene rings is 1. The van der Waals surface area contributed by atoms with Crippen LogP contribution in [0.15, 0.2) is 18.2 Å². The quantitative estimate of drug-likeness (QED) is 0.851. The fourth-order valence-corrected chi connectivity index (χ4v) is 2.10. The molecule has 2 rings (SSSR count). The summed E-state index contributed by atoms with van der Waals surface area (Å²) in [4.78, 5) is 24.9. The van der Waals surface area contributed by atoms with Gasteiger partial charge in [-0.15, -0.1) is 0 Å². The molecule has 1 aliphatic carbocycles. The van der Waals surface area contributed by atoms with E-state index >= 15 is 0 Å². The molecule has 6 heteroatoms. The zero-order valence-electron chi connectivity index (χ0n) is 11.5. The third-order valence-corrected chi connectivity index (χ3v) is 3.20. The predicted octanol–water partition coefficient (Wildman–Crippen LogP) is 1.39. The number of carboxylic acid groups (broad SMARTS) is 1. The van der Waals surface area contributed by atoms with Crippen LogP contribution < -0.4 is 9.47 Å². The van der Waals surface area contributed by atoms with E-state index in [9.17, 15) is 9.59 Å². The van der Waals surface area contributed by atoms with Crippen molar-refractivity contribution in [2.45, 2.75) is 18.9 Å². The second-order valence-electron chi connectivity index (χ2n) is 4.60. The zero-order chi connectivity index (χ0) is 14.7. The maximum absolute atomic E-state index is 12.6. The highest BCUT2D eigenvalue weighted by Crippen LogP contribution is 2.34. The van der Waals surface area contributed by atoms with Crippen LogP contribution in [0.5, 0.6) is 11.5 Å². The predicted molar refractivity (Wildman–Crippen MR) is 71.2 cm³/mol. The Kier molecular flexibility index (Phi) is 4.12. The number of ether oxygens (including phenoxy) is 2.